The van der Waals surface area contributed by atoms with Crippen molar-refractivity contribution in [3.05, 3.63) is 72.4 Å². The molecule has 4 saturated carbocycles. The molecule has 1 unspecified atom stereocenters. The number of aromatic nitrogens is 2. The number of benzene rings is 2. The molecule has 1 aliphatic heterocycles. The van der Waals surface area contributed by atoms with Crippen LogP contribution in [0.5, 0.6) is 0 Å². The summed E-state index contributed by atoms with van der Waals surface area (Å²) >= 11 is 0.250. The van der Waals surface area contributed by atoms with Crippen molar-refractivity contribution >= 4 is 31.3 Å². The molecule has 5 heteroatoms. The Hall–Kier alpha value is -2.49. The molecule has 4 fully saturated rings. The molecule has 1 atom stereocenters. The second kappa shape index (κ2) is 8.03. The number of carbonyl (C=O) groups is 1. The molecule has 4 bridgehead atoms. The van der Waals surface area contributed by atoms with E-state index in [-0.39, 0.29) is 26.9 Å². The Morgan fingerprint density at radius 2 is 1.53 bits per heavy atom. The summed E-state index contributed by atoms with van der Waals surface area (Å²) in [6, 6.07) is 20.4. The van der Waals surface area contributed by atoms with E-state index in [1.54, 1.807) is 0 Å². The summed E-state index contributed by atoms with van der Waals surface area (Å²) in [6.45, 7) is 0. The van der Waals surface area contributed by atoms with E-state index in [0.717, 1.165) is 39.4 Å². The molecule has 1 aromatic heterocycles. The Labute approximate surface area is 207 Å². The number of nitrogens with zero attached hydrogens (tertiary/aromatic N) is 2. The Bertz CT molecular complexity index is 1210. The van der Waals surface area contributed by atoms with Crippen molar-refractivity contribution in [3.63, 3.8) is 0 Å². The van der Waals surface area contributed by atoms with Gasteiger partial charge < -0.3 is 0 Å². The van der Waals surface area contributed by atoms with Crippen molar-refractivity contribution in [3.8, 4) is 11.3 Å². The van der Waals surface area contributed by atoms with E-state index in [2.05, 4.69) is 41.7 Å². The van der Waals surface area contributed by atoms with Gasteiger partial charge in [0.25, 0.3) is 0 Å². The van der Waals surface area contributed by atoms with Crippen LogP contribution in [-0.4, -0.2) is 31.9 Å². The number of hydrogen-bond donors (Lipinski definition) is 1. The Balaban J connectivity index is 1.27. The van der Waals surface area contributed by atoms with Gasteiger partial charge in [0.2, 0.25) is 0 Å². The van der Waals surface area contributed by atoms with Gasteiger partial charge in [0.05, 0.1) is 0 Å². The molecule has 34 heavy (non-hydrogen) atoms. The van der Waals surface area contributed by atoms with Crippen LogP contribution < -0.4 is 14.5 Å². The molecule has 0 amide bonds. The van der Waals surface area contributed by atoms with Gasteiger partial charge in [-0.05, 0) is 0 Å². The molecule has 2 heterocycles. The van der Waals surface area contributed by atoms with Gasteiger partial charge in [0.1, 0.15) is 0 Å². The van der Waals surface area contributed by atoms with Crippen LogP contribution in [-0.2, 0) is 6.42 Å². The van der Waals surface area contributed by atoms with Gasteiger partial charge in [-0.1, -0.05) is 0 Å². The third-order valence-electron chi connectivity index (χ3n) is 8.41. The first kappa shape index (κ1) is 20.8. The Morgan fingerprint density at radius 1 is 0.912 bits per heavy atom. The van der Waals surface area contributed by atoms with E-state index in [1.807, 2.05) is 35.0 Å². The first-order valence-corrected chi connectivity index (χ1v) is 14.4. The molecule has 2 aromatic carbocycles. The maximum absolute atomic E-state index is 13.6. The predicted octanol–water partition coefficient (Wildman–Crippen LogP) is 4.43. The Kier molecular flexibility index (Phi) is 4.93. The molecular weight excluding hydrogens is 485 g/mol. The van der Waals surface area contributed by atoms with Crippen molar-refractivity contribution < 1.29 is 9.36 Å². The van der Waals surface area contributed by atoms with E-state index in [4.69, 9.17) is 4.98 Å². The van der Waals surface area contributed by atoms with Crippen LogP contribution in [0, 0.1) is 17.8 Å². The number of fused-ring (bicyclic) bond motifs is 1. The van der Waals surface area contributed by atoms with E-state index in [1.165, 1.54) is 44.1 Å². The molecule has 3 aromatic rings. The second-order valence-corrected chi connectivity index (χ2v) is 14.0. The predicted molar refractivity (Wildman–Crippen MR) is 134 cm³/mol. The van der Waals surface area contributed by atoms with E-state index in [9.17, 15) is 4.79 Å². The molecule has 5 aliphatic rings. The van der Waals surface area contributed by atoms with Crippen LogP contribution in [0.1, 0.15) is 48.9 Å². The number of rotatable bonds is 5. The number of anilines is 1. The van der Waals surface area contributed by atoms with Crippen LogP contribution in [0.3, 0.4) is 0 Å². The summed E-state index contributed by atoms with van der Waals surface area (Å²) in [7, 11) is 0. The first-order valence-electron chi connectivity index (χ1n) is 12.7. The molecule has 1 N–H and O–H groups in total. The van der Waals surface area contributed by atoms with Gasteiger partial charge in [0.15, 0.2) is 0 Å². The molecule has 172 valence electrons. The molecule has 4 aliphatic carbocycles. The number of nitrogens with one attached hydrogen (secondary N) is 1. The summed E-state index contributed by atoms with van der Waals surface area (Å²) < 4.78 is 3.47. The monoisotopic (exact) mass is 516 g/mol. The third-order valence-corrected chi connectivity index (χ3v) is 11.4. The topological polar surface area (TPSA) is 45.9 Å². The minimum atomic E-state index is -0.235. The van der Waals surface area contributed by atoms with Crippen LogP contribution in [0.15, 0.2) is 66.9 Å². The van der Waals surface area contributed by atoms with Gasteiger partial charge in [-0.3, -0.25) is 0 Å². The molecule has 0 spiro atoms. The fourth-order valence-electron chi connectivity index (χ4n) is 7.35. The van der Waals surface area contributed by atoms with Gasteiger partial charge in [-0.15, -0.1) is 0 Å². The zero-order valence-electron chi connectivity index (χ0n) is 19.3. The quantitative estimate of drug-likeness (QED) is 0.404. The van der Waals surface area contributed by atoms with Crippen molar-refractivity contribution in [2.45, 2.75) is 55.3 Å². The van der Waals surface area contributed by atoms with Crippen molar-refractivity contribution in [1.82, 2.24) is 4.98 Å². The van der Waals surface area contributed by atoms with Crippen LogP contribution >= 0.6 is 0 Å². The van der Waals surface area contributed by atoms with E-state index < -0.39 is 0 Å². The molecule has 8 rings (SSSR count). The summed E-state index contributed by atoms with van der Waals surface area (Å²) in [5, 5.41) is 3.63. The average Bonchev–Trinajstić information content (AvgIpc) is 3.15. The van der Waals surface area contributed by atoms with E-state index >= 15 is 0 Å². The van der Waals surface area contributed by atoms with Gasteiger partial charge in [0, 0.05) is 0 Å². The maximum atomic E-state index is 13.6. The van der Waals surface area contributed by atoms with Gasteiger partial charge in [-0.25, -0.2) is 0 Å². The van der Waals surface area contributed by atoms with Crippen molar-refractivity contribution in [2.24, 2.45) is 17.8 Å². The first-order chi connectivity index (χ1) is 16.6. The number of carbonyl (C=O) groups excluding carboxylic acids is 1. The van der Waals surface area contributed by atoms with Crippen LogP contribution in [0.2, 0.25) is 4.31 Å². The summed E-state index contributed by atoms with van der Waals surface area (Å²) in [5.41, 5.74) is 3.19. The summed E-state index contributed by atoms with van der Waals surface area (Å²) in [6.07, 6.45) is 11.1. The van der Waals surface area contributed by atoms with Gasteiger partial charge >= 0.3 is 208 Å². The molecule has 4 nitrogen and oxygen atoms in total. The SMILES string of the molecule is O=C1C(Cc2ccccc2)Nc2c([Se]C34CC5CC(CC(C5)C3)C4)nc(-c3ccccc3)c[n+]21. The molecule has 0 radical (unpaired) electrons. The van der Waals surface area contributed by atoms with Crippen LogP contribution in [0.25, 0.3) is 11.3 Å². The Morgan fingerprint density at radius 3 is 2.18 bits per heavy atom. The minimum absolute atomic E-state index is 0.140. The van der Waals surface area contributed by atoms with E-state index in [0.29, 0.717) is 10.7 Å². The number of hydrogen-bond acceptors (Lipinski definition) is 3. The molecular formula is C29H30N3OSe+. The van der Waals surface area contributed by atoms with Crippen molar-refractivity contribution in [2.75, 3.05) is 5.32 Å². The second-order valence-electron chi connectivity index (χ2n) is 10.9. The standard InChI is InChI=1S/C29H29N3OSe/c33-28-24(14-19-7-3-1-4-8-19)30-26-27(31-25(18-32(26)28)23-9-5-2-6-10-23)34-29-15-20-11-21(16-29)13-22(12-20)17-29/h1-10,18,20-22,24H,11-17H2/p+1. The third kappa shape index (κ3) is 3.61. The fraction of sp³-hybridized carbons (Fsp3) is 0.414. The fourth-order valence-corrected chi connectivity index (χ4v) is 11.1. The summed E-state index contributed by atoms with van der Waals surface area (Å²) in [5.74, 6) is 3.87. The summed E-state index contributed by atoms with van der Waals surface area (Å²) in [4.78, 5) is 18.8. The molecule has 0 saturated heterocycles. The average molecular weight is 516 g/mol. The van der Waals surface area contributed by atoms with Crippen LogP contribution in [0.4, 0.5) is 5.82 Å². The van der Waals surface area contributed by atoms with Gasteiger partial charge in [-0.2, -0.15) is 0 Å². The zero-order valence-corrected chi connectivity index (χ0v) is 21.0. The van der Waals surface area contributed by atoms with Crippen molar-refractivity contribution in [1.29, 1.82) is 0 Å². The zero-order chi connectivity index (χ0) is 22.7. The normalized spacial score (nSPS) is 30.9.